The van der Waals surface area contributed by atoms with Gasteiger partial charge in [0.2, 0.25) is 10.0 Å². The summed E-state index contributed by atoms with van der Waals surface area (Å²) in [6, 6.07) is 12.5. The summed E-state index contributed by atoms with van der Waals surface area (Å²) in [6.45, 7) is 0.223. The standard InChI is InChI=1S/C22H24N4O5S/c27-22(25-28)20-4-2-1-3-15-26(20)32(29,30)19-11-9-18(10-12-19)31-17-7-5-16(6-8-17)21-23-13-14-24-21/h5-14,20,28H,1-4,15H2,(H,23,24)(H,25,27). The Bertz CT molecular complexity index is 1150. The molecule has 1 saturated heterocycles. The second-order valence-electron chi connectivity index (χ2n) is 7.49. The highest BCUT2D eigenvalue weighted by atomic mass is 32.2. The maximum Gasteiger partial charge on any atom is 0.261 e. The molecule has 1 amide bonds. The van der Waals surface area contributed by atoms with Crippen LogP contribution < -0.4 is 10.2 Å². The number of hydrogen-bond acceptors (Lipinski definition) is 6. The predicted molar refractivity (Wildman–Crippen MR) is 117 cm³/mol. The maximum absolute atomic E-state index is 13.2. The van der Waals surface area contributed by atoms with Crippen LogP contribution in [0.2, 0.25) is 0 Å². The van der Waals surface area contributed by atoms with Gasteiger partial charge in [-0.15, -0.1) is 0 Å². The molecule has 10 heteroatoms. The summed E-state index contributed by atoms with van der Waals surface area (Å²) in [5, 5.41) is 9.04. The molecule has 0 aliphatic carbocycles. The van der Waals surface area contributed by atoms with Crippen LogP contribution in [0.15, 0.2) is 65.8 Å². The number of hydrogen-bond donors (Lipinski definition) is 3. The molecular weight excluding hydrogens is 432 g/mol. The van der Waals surface area contributed by atoms with Crippen molar-refractivity contribution in [2.75, 3.05) is 6.54 Å². The monoisotopic (exact) mass is 456 g/mol. The minimum atomic E-state index is -3.91. The zero-order valence-electron chi connectivity index (χ0n) is 17.3. The first kappa shape index (κ1) is 22.0. The van der Waals surface area contributed by atoms with Crippen LogP contribution in [0.5, 0.6) is 11.5 Å². The van der Waals surface area contributed by atoms with Crippen LogP contribution in [0.3, 0.4) is 0 Å². The molecule has 1 atom stereocenters. The van der Waals surface area contributed by atoms with Crippen LogP contribution in [-0.4, -0.2) is 46.4 Å². The summed E-state index contributed by atoms with van der Waals surface area (Å²) in [6.07, 6.45) is 5.99. The van der Waals surface area contributed by atoms with Crippen molar-refractivity contribution in [3.8, 4) is 22.9 Å². The first-order chi connectivity index (χ1) is 15.5. The molecule has 32 heavy (non-hydrogen) atoms. The lowest BCUT2D eigenvalue weighted by Gasteiger charge is -2.27. The highest BCUT2D eigenvalue weighted by Gasteiger charge is 2.36. The van der Waals surface area contributed by atoms with Crippen molar-refractivity contribution in [1.82, 2.24) is 19.8 Å². The largest absolute Gasteiger partial charge is 0.457 e. The molecule has 1 aliphatic rings. The Morgan fingerprint density at radius 3 is 2.38 bits per heavy atom. The number of H-pyrrole nitrogens is 1. The number of nitrogens with zero attached hydrogens (tertiary/aromatic N) is 2. The van der Waals surface area contributed by atoms with Crippen LogP contribution in [0.25, 0.3) is 11.4 Å². The highest BCUT2D eigenvalue weighted by molar-refractivity contribution is 7.89. The fraction of sp³-hybridized carbons (Fsp3) is 0.273. The van der Waals surface area contributed by atoms with E-state index in [2.05, 4.69) is 9.97 Å². The van der Waals surface area contributed by atoms with Crippen LogP contribution in [0.4, 0.5) is 0 Å². The van der Waals surface area contributed by atoms with E-state index in [1.165, 1.54) is 16.4 Å². The van der Waals surface area contributed by atoms with Gasteiger partial charge >= 0.3 is 0 Å². The Labute approximate surface area is 186 Å². The molecular formula is C22H24N4O5S. The second kappa shape index (κ2) is 9.51. The van der Waals surface area contributed by atoms with Gasteiger partial charge in [0.25, 0.3) is 5.91 Å². The van der Waals surface area contributed by atoms with Crippen molar-refractivity contribution in [2.24, 2.45) is 0 Å². The van der Waals surface area contributed by atoms with Crippen LogP contribution in [0, 0.1) is 0 Å². The second-order valence-corrected chi connectivity index (χ2v) is 9.38. The lowest BCUT2D eigenvalue weighted by Crippen LogP contribution is -2.48. The molecule has 3 aromatic rings. The van der Waals surface area contributed by atoms with Crippen LogP contribution in [0.1, 0.15) is 25.7 Å². The number of rotatable bonds is 6. The van der Waals surface area contributed by atoms with Crippen molar-refractivity contribution in [1.29, 1.82) is 0 Å². The number of carbonyl (C=O) groups is 1. The van der Waals surface area contributed by atoms with Crippen molar-refractivity contribution < 1.29 is 23.2 Å². The maximum atomic E-state index is 13.2. The Morgan fingerprint density at radius 1 is 1.06 bits per heavy atom. The van der Waals surface area contributed by atoms with E-state index in [0.717, 1.165) is 24.2 Å². The van der Waals surface area contributed by atoms with E-state index in [9.17, 15) is 13.2 Å². The summed E-state index contributed by atoms with van der Waals surface area (Å²) in [7, 11) is -3.91. The van der Waals surface area contributed by atoms with Gasteiger partial charge in [-0.05, 0) is 61.4 Å². The zero-order valence-corrected chi connectivity index (χ0v) is 18.1. The lowest BCUT2D eigenvalue weighted by atomic mass is 10.1. The van der Waals surface area contributed by atoms with Crippen LogP contribution in [-0.2, 0) is 14.8 Å². The molecule has 168 valence electrons. The smallest absolute Gasteiger partial charge is 0.261 e. The van der Waals surface area contributed by atoms with Crippen molar-refractivity contribution >= 4 is 15.9 Å². The summed E-state index contributed by atoms with van der Waals surface area (Å²) in [5.41, 5.74) is 2.51. The normalized spacial score (nSPS) is 17.5. The van der Waals surface area contributed by atoms with Crippen molar-refractivity contribution in [3.63, 3.8) is 0 Å². The van der Waals surface area contributed by atoms with Crippen LogP contribution >= 0.6 is 0 Å². The van der Waals surface area contributed by atoms with E-state index in [1.807, 2.05) is 12.1 Å². The van der Waals surface area contributed by atoms with Crippen molar-refractivity contribution in [3.05, 3.63) is 60.9 Å². The number of hydroxylamine groups is 1. The highest BCUT2D eigenvalue weighted by Crippen LogP contribution is 2.28. The molecule has 1 unspecified atom stereocenters. The molecule has 0 radical (unpaired) electrons. The molecule has 3 N–H and O–H groups in total. The zero-order chi connectivity index (χ0) is 22.6. The van der Waals surface area contributed by atoms with E-state index in [1.54, 1.807) is 42.1 Å². The number of aromatic nitrogens is 2. The van der Waals surface area contributed by atoms with Crippen molar-refractivity contribution in [2.45, 2.75) is 36.6 Å². The lowest BCUT2D eigenvalue weighted by molar-refractivity contribution is -0.133. The molecule has 0 saturated carbocycles. The average Bonchev–Trinajstić information content (AvgIpc) is 3.23. The number of aromatic amines is 1. The summed E-state index contributed by atoms with van der Waals surface area (Å²) >= 11 is 0. The SMILES string of the molecule is O=C(NO)C1CCCCCN1S(=O)(=O)c1ccc(Oc2ccc(-c3ncc[nH]3)cc2)cc1. The quantitative estimate of drug-likeness (QED) is 0.386. The number of amides is 1. The summed E-state index contributed by atoms with van der Waals surface area (Å²) in [5.74, 6) is 1.12. The predicted octanol–water partition coefficient (Wildman–Crippen LogP) is 3.31. The molecule has 2 heterocycles. The van der Waals surface area contributed by atoms with Gasteiger partial charge < -0.3 is 9.72 Å². The molecule has 0 spiro atoms. The molecule has 1 fully saturated rings. The first-order valence-corrected chi connectivity index (χ1v) is 11.8. The molecule has 1 aromatic heterocycles. The first-order valence-electron chi connectivity index (χ1n) is 10.3. The molecule has 0 bridgehead atoms. The molecule has 9 nitrogen and oxygen atoms in total. The number of ether oxygens (including phenoxy) is 1. The third kappa shape index (κ3) is 4.67. The van der Waals surface area contributed by atoms with E-state index >= 15 is 0 Å². The van der Waals surface area contributed by atoms with Gasteiger partial charge in [0.05, 0.1) is 4.90 Å². The minimum absolute atomic E-state index is 0.0654. The summed E-state index contributed by atoms with van der Waals surface area (Å²) in [4.78, 5) is 19.4. The van der Waals surface area contributed by atoms with Gasteiger partial charge in [-0.3, -0.25) is 10.0 Å². The van der Waals surface area contributed by atoms with E-state index in [0.29, 0.717) is 24.3 Å². The number of carbonyl (C=O) groups excluding carboxylic acids is 1. The Hall–Kier alpha value is -3.21. The Kier molecular flexibility index (Phi) is 6.54. The number of nitrogens with one attached hydrogen (secondary N) is 2. The Balaban J connectivity index is 1.50. The van der Waals surface area contributed by atoms with E-state index < -0.39 is 22.0 Å². The number of imidazole rings is 1. The molecule has 1 aliphatic heterocycles. The average molecular weight is 457 g/mol. The fourth-order valence-electron chi connectivity index (χ4n) is 3.76. The summed E-state index contributed by atoms with van der Waals surface area (Å²) < 4.78 is 33.4. The van der Waals surface area contributed by atoms with Gasteiger partial charge in [0.1, 0.15) is 23.4 Å². The molecule has 4 rings (SSSR count). The molecule has 2 aromatic carbocycles. The topological polar surface area (TPSA) is 125 Å². The third-order valence-corrected chi connectivity index (χ3v) is 7.33. The van der Waals surface area contributed by atoms with E-state index in [4.69, 9.17) is 9.94 Å². The Morgan fingerprint density at radius 2 is 1.75 bits per heavy atom. The van der Waals surface area contributed by atoms with Gasteiger partial charge in [-0.25, -0.2) is 18.9 Å². The van der Waals surface area contributed by atoms with Gasteiger partial charge in [-0.1, -0.05) is 12.8 Å². The van der Waals surface area contributed by atoms with Gasteiger partial charge in [0.15, 0.2) is 0 Å². The van der Waals surface area contributed by atoms with Gasteiger partial charge in [0, 0.05) is 24.5 Å². The minimum Gasteiger partial charge on any atom is -0.457 e. The third-order valence-electron chi connectivity index (χ3n) is 5.41. The fourth-order valence-corrected chi connectivity index (χ4v) is 5.42. The van der Waals surface area contributed by atoms with Gasteiger partial charge in [-0.2, -0.15) is 4.31 Å². The van der Waals surface area contributed by atoms with E-state index in [-0.39, 0.29) is 11.4 Å². The number of sulfonamides is 1. The number of benzene rings is 2.